The van der Waals surface area contributed by atoms with Crippen LogP contribution in [0.4, 0.5) is 4.39 Å². The molecule has 0 N–H and O–H groups in total. The van der Waals surface area contributed by atoms with Gasteiger partial charge in [-0.05, 0) is 30.3 Å². The SMILES string of the molecule is O=Cc1cn(S(=O)(=O)c2cccc(F)c2)c2c1oc1ccccc12. The van der Waals surface area contributed by atoms with Crippen molar-refractivity contribution in [1.82, 2.24) is 3.97 Å². The van der Waals surface area contributed by atoms with Crippen molar-refractivity contribution in [3.63, 3.8) is 0 Å². The van der Waals surface area contributed by atoms with Gasteiger partial charge >= 0.3 is 0 Å². The van der Waals surface area contributed by atoms with E-state index in [4.69, 9.17) is 4.42 Å². The summed E-state index contributed by atoms with van der Waals surface area (Å²) in [4.78, 5) is 11.1. The monoisotopic (exact) mass is 343 g/mol. The Labute approximate surface area is 136 Å². The van der Waals surface area contributed by atoms with Crippen LogP contribution in [0.3, 0.4) is 0 Å². The quantitative estimate of drug-likeness (QED) is 0.533. The van der Waals surface area contributed by atoms with Gasteiger partial charge in [0, 0.05) is 11.6 Å². The van der Waals surface area contributed by atoms with E-state index in [9.17, 15) is 17.6 Å². The number of nitrogens with zero attached hydrogens (tertiary/aromatic N) is 1. The standard InChI is InChI=1S/C17H10FNO4S/c18-12-4-3-5-13(8-12)24(21,22)19-9-11(10-20)17-16(19)14-6-1-2-7-15(14)23-17/h1-10H. The molecule has 0 bridgehead atoms. The summed E-state index contributed by atoms with van der Waals surface area (Å²) in [5.41, 5.74) is 1.03. The zero-order chi connectivity index (χ0) is 16.9. The largest absolute Gasteiger partial charge is 0.454 e. The van der Waals surface area contributed by atoms with Crippen LogP contribution in [0.25, 0.3) is 22.1 Å². The van der Waals surface area contributed by atoms with E-state index < -0.39 is 15.8 Å². The third kappa shape index (κ3) is 1.98. The summed E-state index contributed by atoms with van der Waals surface area (Å²) < 4.78 is 45.8. The van der Waals surface area contributed by atoms with Crippen LogP contribution in [0, 0.1) is 5.82 Å². The van der Waals surface area contributed by atoms with E-state index in [1.54, 1.807) is 24.3 Å². The van der Waals surface area contributed by atoms with Gasteiger partial charge in [0.1, 0.15) is 16.9 Å². The lowest BCUT2D eigenvalue weighted by Crippen LogP contribution is -2.12. The molecule has 0 aliphatic heterocycles. The summed E-state index contributed by atoms with van der Waals surface area (Å²) in [5.74, 6) is -0.660. The van der Waals surface area contributed by atoms with Crippen molar-refractivity contribution in [2.75, 3.05) is 0 Å². The van der Waals surface area contributed by atoms with Gasteiger partial charge in [0.25, 0.3) is 10.0 Å². The number of halogens is 1. The fraction of sp³-hybridized carbons (Fsp3) is 0. The Morgan fingerprint density at radius 1 is 1.08 bits per heavy atom. The predicted octanol–water partition coefficient (Wildman–Crippen LogP) is 3.58. The molecule has 120 valence electrons. The normalized spacial score (nSPS) is 12.0. The summed E-state index contributed by atoms with van der Waals surface area (Å²) in [6.45, 7) is 0. The first-order valence-corrected chi connectivity index (χ1v) is 8.45. The highest BCUT2D eigenvalue weighted by Crippen LogP contribution is 2.34. The van der Waals surface area contributed by atoms with Crippen molar-refractivity contribution in [1.29, 1.82) is 0 Å². The number of aldehydes is 1. The molecule has 0 saturated carbocycles. The number of carbonyl (C=O) groups excluding carboxylic acids is 1. The van der Waals surface area contributed by atoms with Gasteiger partial charge in [0.2, 0.25) is 0 Å². The number of furan rings is 1. The Morgan fingerprint density at radius 2 is 1.88 bits per heavy atom. The first-order chi connectivity index (χ1) is 11.5. The molecule has 0 spiro atoms. The van der Waals surface area contributed by atoms with Crippen LogP contribution in [-0.2, 0) is 10.0 Å². The molecule has 5 nitrogen and oxygen atoms in total. The van der Waals surface area contributed by atoms with Crippen LogP contribution in [0.2, 0.25) is 0 Å². The summed E-state index contributed by atoms with van der Waals surface area (Å²) in [6.07, 6.45) is 1.72. The average molecular weight is 343 g/mol. The van der Waals surface area contributed by atoms with Gasteiger partial charge in [-0.15, -0.1) is 0 Å². The number of benzene rings is 2. The molecule has 0 unspecified atom stereocenters. The van der Waals surface area contributed by atoms with Crippen molar-refractivity contribution >= 4 is 38.4 Å². The summed E-state index contributed by atoms with van der Waals surface area (Å²) in [7, 11) is -4.08. The van der Waals surface area contributed by atoms with Crippen molar-refractivity contribution in [3.05, 3.63) is 66.1 Å². The zero-order valence-corrected chi connectivity index (χ0v) is 13.0. The number of hydrogen-bond acceptors (Lipinski definition) is 4. The molecular formula is C17H10FNO4S. The Bertz CT molecular complexity index is 1200. The maximum Gasteiger partial charge on any atom is 0.268 e. The highest BCUT2D eigenvalue weighted by molar-refractivity contribution is 7.90. The van der Waals surface area contributed by atoms with Gasteiger partial charge in [-0.25, -0.2) is 16.8 Å². The van der Waals surface area contributed by atoms with E-state index in [0.717, 1.165) is 16.1 Å². The third-order valence-electron chi connectivity index (χ3n) is 3.79. The summed E-state index contributed by atoms with van der Waals surface area (Å²) >= 11 is 0. The van der Waals surface area contributed by atoms with Crippen LogP contribution >= 0.6 is 0 Å². The minimum Gasteiger partial charge on any atom is -0.454 e. The first-order valence-electron chi connectivity index (χ1n) is 7.01. The fourth-order valence-corrected chi connectivity index (χ4v) is 4.12. The molecule has 2 aromatic heterocycles. The lowest BCUT2D eigenvalue weighted by Gasteiger charge is -2.07. The smallest absolute Gasteiger partial charge is 0.268 e. The molecule has 0 aliphatic carbocycles. The number of para-hydroxylation sites is 1. The summed E-state index contributed by atoms with van der Waals surface area (Å²) in [6, 6.07) is 11.6. The molecule has 0 fully saturated rings. The molecule has 7 heteroatoms. The number of rotatable bonds is 3. The molecule has 0 saturated heterocycles. The highest BCUT2D eigenvalue weighted by Gasteiger charge is 2.25. The van der Waals surface area contributed by atoms with Crippen molar-refractivity contribution in [2.45, 2.75) is 4.90 Å². The number of hydrogen-bond donors (Lipinski definition) is 0. The van der Waals surface area contributed by atoms with Gasteiger partial charge in [0.05, 0.1) is 10.5 Å². The van der Waals surface area contributed by atoms with Crippen LogP contribution in [-0.4, -0.2) is 18.7 Å². The lowest BCUT2D eigenvalue weighted by molar-refractivity contribution is 0.112. The van der Waals surface area contributed by atoms with E-state index in [-0.39, 0.29) is 21.6 Å². The second-order valence-corrected chi connectivity index (χ2v) is 7.05. The van der Waals surface area contributed by atoms with E-state index in [2.05, 4.69) is 0 Å². The second kappa shape index (κ2) is 5.04. The van der Waals surface area contributed by atoms with Gasteiger partial charge in [-0.1, -0.05) is 18.2 Å². The molecule has 2 aromatic carbocycles. The second-order valence-electron chi connectivity index (χ2n) is 5.24. The van der Waals surface area contributed by atoms with Crippen LogP contribution in [0.1, 0.15) is 10.4 Å². The molecule has 0 amide bonds. The minimum absolute atomic E-state index is 0.112. The molecule has 0 aliphatic rings. The number of aromatic nitrogens is 1. The Morgan fingerprint density at radius 3 is 2.62 bits per heavy atom. The highest BCUT2D eigenvalue weighted by atomic mass is 32.2. The average Bonchev–Trinajstić information content (AvgIpc) is 3.11. The van der Waals surface area contributed by atoms with Crippen LogP contribution in [0.15, 0.2) is 64.0 Å². The third-order valence-corrected chi connectivity index (χ3v) is 5.44. The molecule has 24 heavy (non-hydrogen) atoms. The minimum atomic E-state index is -4.08. The van der Waals surface area contributed by atoms with Crippen LogP contribution < -0.4 is 0 Å². The van der Waals surface area contributed by atoms with Crippen LogP contribution in [0.5, 0.6) is 0 Å². The summed E-state index contributed by atoms with van der Waals surface area (Å²) in [5, 5.41) is 0.556. The van der Waals surface area contributed by atoms with E-state index in [1.807, 2.05) is 0 Å². The maximum absolute atomic E-state index is 13.4. The molecule has 0 atom stereocenters. The first kappa shape index (κ1) is 14.6. The Kier molecular flexibility index (Phi) is 3.07. The molecule has 0 radical (unpaired) electrons. The van der Waals surface area contributed by atoms with Crippen molar-refractivity contribution < 1.29 is 22.0 Å². The van der Waals surface area contributed by atoms with E-state index >= 15 is 0 Å². The fourth-order valence-electron chi connectivity index (χ4n) is 2.71. The van der Waals surface area contributed by atoms with E-state index in [1.165, 1.54) is 18.3 Å². The maximum atomic E-state index is 13.4. The molecule has 2 heterocycles. The predicted molar refractivity (Wildman–Crippen MR) is 86.1 cm³/mol. The van der Waals surface area contributed by atoms with Gasteiger partial charge < -0.3 is 4.42 Å². The topological polar surface area (TPSA) is 69.3 Å². The Hall–Kier alpha value is -2.93. The van der Waals surface area contributed by atoms with Crippen molar-refractivity contribution in [3.8, 4) is 0 Å². The van der Waals surface area contributed by atoms with Crippen molar-refractivity contribution in [2.24, 2.45) is 0 Å². The molecule has 4 aromatic rings. The zero-order valence-electron chi connectivity index (χ0n) is 12.1. The van der Waals surface area contributed by atoms with Gasteiger partial charge in [-0.3, -0.25) is 4.79 Å². The van der Waals surface area contributed by atoms with Gasteiger partial charge in [0.15, 0.2) is 11.9 Å². The molecule has 4 rings (SSSR count). The Balaban J connectivity index is 2.11. The molecular weight excluding hydrogens is 333 g/mol. The van der Waals surface area contributed by atoms with E-state index in [0.29, 0.717) is 17.3 Å². The van der Waals surface area contributed by atoms with Gasteiger partial charge in [-0.2, -0.15) is 0 Å². The number of carbonyl (C=O) groups is 1. The number of fused-ring (bicyclic) bond motifs is 3. The lowest BCUT2D eigenvalue weighted by atomic mass is 10.2.